The predicted octanol–water partition coefficient (Wildman–Crippen LogP) is 1.62. The minimum atomic E-state index is -0.417. The smallest absolute Gasteiger partial charge is 0.248 e. The minimum Gasteiger partial charge on any atom is -0.387 e. The van der Waals surface area contributed by atoms with Crippen LogP contribution >= 0.6 is 0 Å². The molecule has 130 valence electrons. The average molecular weight is 330 g/mol. The van der Waals surface area contributed by atoms with Crippen molar-refractivity contribution in [1.82, 2.24) is 9.80 Å². The Morgan fingerprint density at radius 1 is 1.25 bits per heavy atom. The Morgan fingerprint density at radius 2 is 1.92 bits per heavy atom. The molecule has 1 aromatic rings. The fraction of sp³-hybridized carbons (Fsp3) is 0.579. The van der Waals surface area contributed by atoms with Crippen molar-refractivity contribution >= 4 is 11.8 Å². The minimum absolute atomic E-state index is 0.0800. The number of amides is 2. The lowest BCUT2D eigenvalue weighted by Gasteiger charge is -2.49. The molecule has 1 aromatic carbocycles. The summed E-state index contributed by atoms with van der Waals surface area (Å²) in [5.41, 5.74) is 1.17. The van der Waals surface area contributed by atoms with Crippen LogP contribution in [0.15, 0.2) is 30.3 Å². The molecule has 0 aliphatic carbocycles. The molecule has 1 spiro atoms. The van der Waals surface area contributed by atoms with Crippen LogP contribution in [0.2, 0.25) is 0 Å². The number of hydrogen-bond acceptors (Lipinski definition) is 3. The van der Waals surface area contributed by atoms with Crippen LogP contribution in [0.4, 0.5) is 0 Å². The van der Waals surface area contributed by atoms with E-state index >= 15 is 0 Å². The number of aliphatic hydroxyl groups excluding tert-OH is 1. The molecule has 2 amide bonds. The fourth-order valence-corrected chi connectivity index (χ4v) is 4.19. The number of aliphatic hydroxyl groups is 1. The van der Waals surface area contributed by atoms with Crippen molar-refractivity contribution in [3.05, 3.63) is 35.9 Å². The summed E-state index contributed by atoms with van der Waals surface area (Å²) in [7, 11) is 0. The quantitative estimate of drug-likeness (QED) is 0.916. The van der Waals surface area contributed by atoms with Gasteiger partial charge in [-0.15, -0.1) is 0 Å². The summed E-state index contributed by atoms with van der Waals surface area (Å²) in [6.07, 6.45) is 2.64. The lowest BCUT2D eigenvalue weighted by Crippen LogP contribution is -2.54. The summed E-state index contributed by atoms with van der Waals surface area (Å²) < 4.78 is 0. The van der Waals surface area contributed by atoms with E-state index in [1.165, 1.54) is 0 Å². The van der Waals surface area contributed by atoms with Gasteiger partial charge in [-0.2, -0.15) is 0 Å². The number of nitrogens with zero attached hydrogens (tertiary/aromatic N) is 2. The average Bonchev–Trinajstić information content (AvgIpc) is 2.64. The number of likely N-dealkylation sites (tertiary alicyclic amines) is 2. The highest BCUT2D eigenvalue weighted by atomic mass is 16.3. The third kappa shape index (κ3) is 3.18. The van der Waals surface area contributed by atoms with Gasteiger partial charge in [0.1, 0.15) is 6.61 Å². The van der Waals surface area contributed by atoms with Gasteiger partial charge in [0.15, 0.2) is 0 Å². The molecule has 0 bridgehead atoms. The highest BCUT2D eigenvalue weighted by Crippen LogP contribution is 2.45. The van der Waals surface area contributed by atoms with Crippen LogP contribution in [-0.2, 0) is 9.59 Å². The van der Waals surface area contributed by atoms with Crippen molar-refractivity contribution in [2.24, 2.45) is 5.41 Å². The monoisotopic (exact) mass is 330 g/mol. The first-order chi connectivity index (χ1) is 11.6. The maximum Gasteiger partial charge on any atom is 0.248 e. The first-order valence-electron chi connectivity index (χ1n) is 8.81. The molecule has 5 nitrogen and oxygen atoms in total. The normalized spacial score (nSPS) is 23.6. The Bertz CT molecular complexity index is 594. The van der Waals surface area contributed by atoms with Gasteiger partial charge in [0.05, 0.1) is 5.92 Å². The summed E-state index contributed by atoms with van der Waals surface area (Å²) in [4.78, 5) is 28.3. The van der Waals surface area contributed by atoms with Crippen molar-refractivity contribution in [3.63, 3.8) is 0 Å². The fourth-order valence-electron chi connectivity index (χ4n) is 4.19. The van der Waals surface area contributed by atoms with Gasteiger partial charge < -0.3 is 14.9 Å². The van der Waals surface area contributed by atoms with E-state index < -0.39 is 6.61 Å². The zero-order valence-corrected chi connectivity index (χ0v) is 14.3. The molecule has 2 aliphatic heterocycles. The van der Waals surface area contributed by atoms with Crippen molar-refractivity contribution in [3.8, 4) is 0 Å². The lowest BCUT2D eigenvalue weighted by atomic mass is 9.67. The van der Waals surface area contributed by atoms with E-state index in [2.05, 4.69) is 0 Å². The zero-order chi connectivity index (χ0) is 17.2. The van der Waals surface area contributed by atoms with Crippen molar-refractivity contribution in [2.45, 2.75) is 32.1 Å². The molecule has 3 rings (SSSR count). The molecule has 1 atom stereocenters. The standard InChI is InChI=1S/C19H26N2O3/c1-2-20-14-19(8-10-21(11-9-19)17(23)13-22)12-16(18(20)24)15-6-4-3-5-7-15/h3-7,16,22H,2,8-14H2,1H3/t16-/m0/s1. The zero-order valence-electron chi connectivity index (χ0n) is 14.3. The summed E-state index contributed by atoms with van der Waals surface area (Å²) >= 11 is 0. The molecule has 2 fully saturated rings. The maximum atomic E-state index is 12.8. The van der Waals surface area contributed by atoms with Crippen LogP contribution in [0.3, 0.4) is 0 Å². The molecule has 5 heteroatoms. The van der Waals surface area contributed by atoms with Crippen LogP contribution in [-0.4, -0.2) is 59.5 Å². The Labute approximate surface area is 143 Å². The molecular weight excluding hydrogens is 304 g/mol. The Kier molecular flexibility index (Phi) is 4.90. The molecule has 1 N–H and O–H groups in total. The highest BCUT2D eigenvalue weighted by molar-refractivity contribution is 5.85. The molecule has 0 saturated carbocycles. The number of rotatable bonds is 3. The number of carbonyl (C=O) groups excluding carboxylic acids is 2. The van der Waals surface area contributed by atoms with Gasteiger partial charge in [-0.3, -0.25) is 9.59 Å². The number of carbonyl (C=O) groups is 2. The van der Waals surface area contributed by atoms with E-state index in [-0.39, 0.29) is 23.1 Å². The third-order valence-electron chi connectivity index (χ3n) is 5.67. The summed E-state index contributed by atoms with van der Waals surface area (Å²) in [6, 6.07) is 10.0. The maximum absolute atomic E-state index is 12.8. The van der Waals surface area contributed by atoms with Crippen LogP contribution in [0.5, 0.6) is 0 Å². The second-order valence-electron chi connectivity index (χ2n) is 7.06. The van der Waals surface area contributed by atoms with E-state index in [1.54, 1.807) is 4.90 Å². The van der Waals surface area contributed by atoms with Crippen molar-refractivity contribution < 1.29 is 14.7 Å². The van der Waals surface area contributed by atoms with E-state index in [1.807, 2.05) is 42.2 Å². The van der Waals surface area contributed by atoms with Crippen molar-refractivity contribution in [2.75, 3.05) is 32.8 Å². The lowest BCUT2D eigenvalue weighted by molar-refractivity contribution is -0.145. The topological polar surface area (TPSA) is 60.9 Å². The molecule has 2 aliphatic rings. The van der Waals surface area contributed by atoms with Crippen LogP contribution < -0.4 is 0 Å². The van der Waals surface area contributed by atoms with Gasteiger partial charge >= 0.3 is 0 Å². The second kappa shape index (κ2) is 6.93. The summed E-state index contributed by atoms with van der Waals surface area (Å²) in [6.45, 7) is 4.47. The number of hydrogen-bond donors (Lipinski definition) is 1. The Hall–Kier alpha value is -1.88. The van der Waals surface area contributed by atoms with Crippen LogP contribution in [0, 0.1) is 5.41 Å². The molecule has 0 unspecified atom stereocenters. The molecule has 2 heterocycles. The van der Waals surface area contributed by atoms with E-state index in [9.17, 15) is 9.59 Å². The summed E-state index contributed by atoms with van der Waals surface area (Å²) in [5.74, 6) is -0.0492. The van der Waals surface area contributed by atoms with Crippen LogP contribution in [0.25, 0.3) is 0 Å². The highest BCUT2D eigenvalue weighted by Gasteiger charge is 2.46. The molecular formula is C19H26N2O3. The first-order valence-corrected chi connectivity index (χ1v) is 8.81. The van der Waals surface area contributed by atoms with Gasteiger partial charge in [-0.05, 0) is 37.2 Å². The SMILES string of the molecule is CCN1CC2(CCN(C(=O)CO)CC2)C[C@@H](c2ccccc2)C1=O. The molecule has 0 radical (unpaired) electrons. The predicted molar refractivity (Wildman–Crippen MR) is 91.4 cm³/mol. The summed E-state index contributed by atoms with van der Waals surface area (Å²) in [5, 5.41) is 9.05. The van der Waals surface area contributed by atoms with Crippen LogP contribution in [0.1, 0.15) is 37.7 Å². The van der Waals surface area contributed by atoms with Gasteiger partial charge in [-0.1, -0.05) is 30.3 Å². The van der Waals surface area contributed by atoms with Gasteiger partial charge in [-0.25, -0.2) is 0 Å². The largest absolute Gasteiger partial charge is 0.387 e. The Balaban J connectivity index is 1.80. The van der Waals surface area contributed by atoms with Gasteiger partial charge in [0.2, 0.25) is 11.8 Å². The number of benzene rings is 1. The van der Waals surface area contributed by atoms with E-state index in [0.29, 0.717) is 13.1 Å². The second-order valence-corrected chi connectivity index (χ2v) is 7.06. The molecule has 0 aromatic heterocycles. The first kappa shape index (κ1) is 17.0. The molecule has 24 heavy (non-hydrogen) atoms. The van der Waals surface area contributed by atoms with E-state index in [0.717, 1.165) is 37.9 Å². The third-order valence-corrected chi connectivity index (χ3v) is 5.67. The van der Waals surface area contributed by atoms with Crippen molar-refractivity contribution in [1.29, 1.82) is 0 Å². The molecule has 2 saturated heterocycles. The number of piperidine rings is 2. The van der Waals surface area contributed by atoms with E-state index in [4.69, 9.17) is 5.11 Å². The Morgan fingerprint density at radius 3 is 2.50 bits per heavy atom. The van der Waals surface area contributed by atoms with Gasteiger partial charge in [0, 0.05) is 26.2 Å². The number of likely N-dealkylation sites (N-methyl/N-ethyl adjacent to an activating group) is 1. The van der Waals surface area contributed by atoms with Gasteiger partial charge in [0.25, 0.3) is 0 Å².